The lowest BCUT2D eigenvalue weighted by Crippen LogP contribution is -2.38. The molecule has 1 amide bonds. The zero-order chi connectivity index (χ0) is 21.9. The third kappa shape index (κ3) is 4.23. The van der Waals surface area contributed by atoms with Gasteiger partial charge in [-0.2, -0.15) is 0 Å². The van der Waals surface area contributed by atoms with Gasteiger partial charge in [0, 0.05) is 48.7 Å². The molecule has 0 spiro atoms. The number of amides is 1. The van der Waals surface area contributed by atoms with Crippen LogP contribution in [0.25, 0.3) is 21.9 Å². The highest BCUT2D eigenvalue weighted by molar-refractivity contribution is 6.05. The van der Waals surface area contributed by atoms with E-state index in [-0.39, 0.29) is 0 Å². The molecule has 8 heteroatoms. The molecule has 1 fully saturated rings. The molecule has 8 nitrogen and oxygen atoms in total. The first-order valence-corrected chi connectivity index (χ1v) is 10.5. The number of primary amides is 1. The highest BCUT2D eigenvalue weighted by Crippen LogP contribution is 2.33. The number of morpholine rings is 1. The number of nitrogens with zero attached hydrogens (tertiary/aromatic N) is 2. The Morgan fingerprint density at radius 3 is 2.72 bits per heavy atom. The molecule has 0 radical (unpaired) electrons. The first-order chi connectivity index (χ1) is 15.7. The maximum Gasteiger partial charge on any atom is 0.252 e. The van der Waals surface area contributed by atoms with E-state index in [0.29, 0.717) is 34.6 Å². The molecule has 164 valence electrons. The van der Waals surface area contributed by atoms with Crippen LogP contribution in [0.15, 0.2) is 59.3 Å². The molecule has 2 aromatic carbocycles. The van der Waals surface area contributed by atoms with Gasteiger partial charge in [-0.25, -0.2) is 0 Å². The SMILES string of the molecule is NC(=O)c1coc2cc(Oc3ccnc4cc(OCCN5CCOCC5)ccc34)ccc12. The van der Waals surface area contributed by atoms with Gasteiger partial charge in [-0.15, -0.1) is 0 Å². The molecule has 1 aliphatic rings. The molecule has 2 aromatic heterocycles. The van der Waals surface area contributed by atoms with Crippen LogP contribution in [0, 0.1) is 0 Å². The van der Waals surface area contributed by atoms with Gasteiger partial charge in [0.2, 0.25) is 0 Å². The average Bonchev–Trinajstić information content (AvgIpc) is 3.23. The largest absolute Gasteiger partial charge is 0.492 e. The summed E-state index contributed by atoms with van der Waals surface area (Å²) >= 11 is 0. The van der Waals surface area contributed by atoms with Crippen molar-refractivity contribution < 1.29 is 23.4 Å². The lowest BCUT2D eigenvalue weighted by atomic mass is 10.1. The third-order valence-corrected chi connectivity index (χ3v) is 5.49. The molecule has 0 atom stereocenters. The molecule has 4 aromatic rings. The second-order valence-corrected chi connectivity index (χ2v) is 7.56. The quantitative estimate of drug-likeness (QED) is 0.475. The van der Waals surface area contributed by atoms with Gasteiger partial charge in [-0.1, -0.05) is 0 Å². The van der Waals surface area contributed by atoms with Crippen molar-refractivity contribution in [3.8, 4) is 17.2 Å². The number of hydrogen-bond donors (Lipinski definition) is 1. The number of nitrogens with two attached hydrogens (primary N) is 1. The molecule has 1 aliphatic heterocycles. The van der Waals surface area contributed by atoms with E-state index in [1.165, 1.54) is 6.26 Å². The Balaban J connectivity index is 1.31. The molecule has 0 bridgehead atoms. The Morgan fingerprint density at radius 2 is 1.88 bits per heavy atom. The van der Waals surface area contributed by atoms with E-state index >= 15 is 0 Å². The first-order valence-electron chi connectivity index (χ1n) is 10.5. The Hall–Kier alpha value is -3.62. The van der Waals surface area contributed by atoms with Crippen LogP contribution in [0.2, 0.25) is 0 Å². The summed E-state index contributed by atoms with van der Waals surface area (Å²) in [7, 11) is 0. The Morgan fingerprint density at radius 1 is 1.06 bits per heavy atom. The van der Waals surface area contributed by atoms with Crippen LogP contribution in [0.4, 0.5) is 0 Å². The van der Waals surface area contributed by atoms with Crippen LogP contribution in [-0.2, 0) is 4.74 Å². The second kappa shape index (κ2) is 8.86. The summed E-state index contributed by atoms with van der Waals surface area (Å²) in [4.78, 5) is 18.3. The van der Waals surface area contributed by atoms with E-state index in [2.05, 4.69) is 9.88 Å². The van der Waals surface area contributed by atoms with E-state index in [4.69, 9.17) is 24.4 Å². The fourth-order valence-electron chi connectivity index (χ4n) is 3.79. The van der Waals surface area contributed by atoms with Crippen LogP contribution in [0.5, 0.6) is 17.2 Å². The van der Waals surface area contributed by atoms with Crippen molar-refractivity contribution in [2.24, 2.45) is 5.73 Å². The van der Waals surface area contributed by atoms with Gasteiger partial charge >= 0.3 is 0 Å². The summed E-state index contributed by atoms with van der Waals surface area (Å²) < 4.78 is 22.9. The van der Waals surface area contributed by atoms with E-state index in [0.717, 1.165) is 49.5 Å². The number of hydrogen-bond acceptors (Lipinski definition) is 7. The second-order valence-electron chi connectivity index (χ2n) is 7.56. The number of carbonyl (C=O) groups is 1. The smallest absolute Gasteiger partial charge is 0.252 e. The van der Waals surface area contributed by atoms with E-state index in [1.807, 2.05) is 24.3 Å². The van der Waals surface area contributed by atoms with Crippen molar-refractivity contribution in [2.45, 2.75) is 0 Å². The maximum atomic E-state index is 11.5. The minimum Gasteiger partial charge on any atom is -0.492 e. The number of ether oxygens (including phenoxy) is 3. The van der Waals surface area contributed by atoms with Crippen LogP contribution in [0.1, 0.15) is 10.4 Å². The minimum absolute atomic E-state index is 0.349. The molecular formula is C24H23N3O5. The fourth-order valence-corrected chi connectivity index (χ4v) is 3.79. The zero-order valence-electron chi connectivity index (χ0n) is 17.5. The van der Waals surface area contributed by atoms with Crippen molar-refractivity contribution in [2.75, 3.05) is 39.5 Å². The van der Waals surface area contributed by atoms with Crippen LogP contribution < -0.4 is 15.2 Å². The van der Waals surface area contributed by atoms with Gasteiger partial charge in [0.05, 0.1) is 24.3 Å². The van der Waals surface area contributed by atoms with E-state index < -0.39 is 5.91 Å². The summed E-state index contributed by atoms with van der Waals surface area (Å²) in [5.74, 6) is 1.49. The number of fused-ring (bicyclic) bond motifs is 2. The molecule has 0 saturated carbocycles. The number of carbonyl (C=O) groups excluding carboxylic acids is 1. The van der Waals surface area contributed by atoms with Crippen LogP contribution >= 0.6 is 0 Å². The van der Waals surface area contributed by atoms with Crippen molar-refractivity contribution in [1.29, 1.82) is 0 Å². The predicted molar refractivity (Wildman–Crippen MR) is 119 cm³/mol. The molecule has 2 N–H and O–H groups in total. The molecule has 1 saturated heterocycles. The standard InChI is InChI=1S/C24H23N3O5/c25-24(28)20-15-31-23-14-17(2-3-18(20)23)32-22-5-6-26-21-13-16(1-4-19(21)22)30-12-9-27-7-10-29-11-8-27/h1-6,13-15H,7-12H2,(H2,25,28). The normalized spacial score (nSPS) is 14.6. The van der Waals surface area contributed by atoms with Gasteiger partial charge in [-0.05, 0) is 30.3 Å². The highest BCUT2D eigenvalue weighted by atomic mass is 16.5. The Bertz CT molecular complexity index is 1260. The van der Waals surface area contributed by atoms with Crippen LogP contribution in [0.3, 0.4) is 0 Å². The molecule has 5 rings (SSSR count). The van der Waals surface area contributed by atoms with Crippen molar-refractivity contribution in [1.82, 2.24) is 9.88 Å². The lowest BCUT2D eigenvalue weighted by molar-refractivity contribution is 0.0322. The fraction of sp³-hybridized carbons (Fsp3) is 0.250. The number of pyridine rings is 1. The maximum absolute atomic E-state index is 11.5. The Labute approximate surface area is 184 Å². The third-order valence-electron chi connectivity index (χ3n) is 5.49. The molecule has 3 heterocycles. The van der Waals surface area contributed by atoms with Crippen molar-refractivity contribution in [3.63, 3.8) is 0 Å². The monoisotopic (exact) mass is 433 g/mol. The Kier molecular flexibility index (Phi) is 5.62. The van der Waals surface area contributed by atoms with Gasteiger partial charge in [-0.3, -0.25) is 14.7 Å². The van der Waals surface area contributed by atoms with Gasteiger partial charge < -0.3 is 24.4 Å². The molecule has 0 unspecified atom stereocenters. The van der Waals surface area contributed by atoms with Gasteiger partial charge in [0.1, 0.15) is 35.7 Å². The summed E-state index contributed by atoms with van der Waals surface area (Å²) in [6.45, 7) is 4.92. The number of furan rings is 1. The number of rotatable bonds is 7. The molecule has 0 aliphatic carbocycles. The van der Waals surface area contributed by atoms with Crippen molar-refractivity contribution >= 4 is 27.8 Å². The summed E-state index contributed by atoms with van der Waals surface area (Å²) in [6.07, 6.45) is 3.06. The average molecular weight is 433 g/mol. The van der Waals surface area contributed by atoms with E-state index in [9.17, 15) is 4.79 Å². The predicted octanol–water partition coefficient (Wildman–Crippen LogP) is 3.58. The number of aromatic nitrogens is 1. The molecule has 32 heavy (non-hydrogen) atoms. The van der Waals surface area contributed by atoms with Crippen molar-refractivity contribution in [3.05, 3.63) is 60.5 Å². The highest BCUT2D eigenvalue weighted by Gasteiger charge is 2.13. The topological polar surface area (TPSA) is 100 Å². The van der Waals surface area contributed by atoms with Gasteiger partial charge in [0.15, 0.2) is 0 Å². The minimum atomic E-state index is -0.527. The lowest BCUT2D eigenvalue weighted by Gasteiger charge is -2.26. The van der Waals surface area contributed by atoms with Crippen LogP contribution in [-0.4, -0.2) is 55.2 Å². The molecular weight excluding hydrogens is 410 g/mol. The van der Waals surface area contributed by atoms with Gasteiger partial charge in [0.25, 0.3) is 5.91 Å². The zero-order valence-corrected chi connectivity index (χ0v) is 17.5. The first kappa shape index (κ1) is 20.3. The number of benzene rings is 2. The summed E-state index contributed by atoms with van der Waals surface area (Å²) in [5.41, 5.74) is 7.04. The van der Waals surface area contributed by atoms with E-state index in [1.54, 1.807) is 24.4 Å². The summed E-state index contributed by atoms with van der Waals surface area (Å²) in [6, 6.07) is 12.9. The summed E-state index contributed by atoms with van der Waals surface area (Å²) in [5, 5.41) is 1.52.